The number of imidazole rings is 1. The normalized spacial score (nSPS) is 21.0. The standard InChI is InChI=1S/C27H29F4N5O4/c28-26(29)8-6-18(7-9-26)21(35-24(39)40-16-17-4-2-1-3-5-17)19-15-36-23(33-19)34-20(14-32-36)25(22(37)38)10-12-27(30,31)13-11-25/h1-5,14-15,18,21H,6-13,16H2,(H,35,39)(H,37,38)/t21-/m0/s1. The molecule has 13 heteroatoms. The summed E-state index contributed by atoms with van der Waals surface area (Å²) in [5.74, 6) is -7.36. The van der Waals surface area contributed by atoms with Crippen molar-refractivity contribution in [1.29, 1.82) is 0 Å². The van der Waals surface area contributed by atoms with Gasteiger partial charge in [-0.3, -0.25) is 4.79 Å². The third-order valence-corrected chi connectivity index (χ3v) is 7.99. The van der Waals surface area contributed by atoms with Crippen LogP contribution in [0.25, 0.3) is 5.78 Å². The molecule has 9 nitrogen and oxygen atoms in total. The van der Waals surface area contributed by atoms with Crippen LogP contribution in [0.3, 0.4) is 0 Å². The van der Waals surface area contributed by atoms with Crippen molar-refractivity contribution in [3.8, 4) is 0 Å². The van der Waals surface area contributed by atoms with E-state index in [4.69, 9.17) is 4.74 Å². The molecule has 1 aromatic carbocycles. The van der Waals surface area contributed by atoms with Gasteiger partial charge in [-0.15, -0.1) is 0 Å². The molecule has 2 aliphatic rings. The number of amides is 1. The number of hydrogen-bond donors (Lipinski definition) is 2. The number of carboxylic acid groups (broad SMARTS) is 1. The number of ether oxygens (including phenoxy) is 1. The average molecular weight is 564 g/mol. The third-order valence-electron chi connectivity index (χ3n) is 7.99. The lowest BCUT2D eigenvalue weighted by Gasteiger charge is -2.35. The smallest absolute Gasteiger partial charge is 0.408 e. The largest absolute Gasteiger partial charge is 0.481 e. The first kappa shape index (κ1) is 27.8. The maximum absolute atomic E-state index is 13.9. The number of aliphatic carboxylic acids is 1. The molecule has 0 unspecified atom stereocenters. The number of nitrogens with zero attached hydrogens (tertiary/aromatic N) is 4. The number of carbonyl (C=O) groups excluding carboxylic acids is 1. The lowest BCUT2D eigenvalue weighted by Crippen LogP contribution is -2.43. The van der Waals surface area contributed by atoms with Crippen molar-refractivity contribution in [2.45, 2.75) is 81.3 Å². The van der Waals surface area contributed by atoms with Gasteiger partial charge in [-0.25, -0.2) is 36.8 Å². The van der Waals surface area contributed by atoms with Gasteiger partial charge in [0.2, 0.25) is 11.8 Å². The highest BCUT2D eigenvalue weighted by atomic mass is 19.3. The number of aromatic nitrogens is 4. The topological polar surface area (TPSA) is 119 Å². The molecule has 2 aliphatic carbocycles. The number of nitrogens with one attached hydrogen (secondary N) is 1. The van der Waals surface area contributed by atoms with E-state index in [1.807, 2.05) is 6.07 Å². The fourth-order valence-corrected chi connectivity index (χ4v) is 5.52. The minimum Gasteiger partial charge on any atom is -0.481 e. The molecule has 2 saturated carbocycles. The van der Waals surface area contributed by atoms with Crippen LogP contribution in [0, 0.1) is 5.92 Å². The Morgan fingerprint density at radius 1 is 1.00 bits per heavy atom. The van der Waals surface area contributed by atoms with E-state index in [1.54, 1.807) is 24.3 Å². The molecular formula is C27H29F4N5O4. The van der Waals surface area contributed by atoms with Gasteiger partial charge in [0.25, 0.3) is 5.78 Å². The van der Waals surface area contributed by atoms with Gasteiger partial charge in [0.05, 0.1) is 29.8 Å². The van der Waals surface area contributed by atoms with Crippen molar-refractivity contribution in [2.24, 2.45) is 5.92 Å². The van der Waals surface area contributed by atoms with E-state index in [0.29, 0.717) is 5.69 Å². The number of benzene rings is 1. The predicted molar refractivity (Wildman–Crippen MR) is 133 cm³/mol. The monoisotopic (exact) mass is 563 g/mol. The lowest BCUT2D eigenvalue weighted by atomic mass is 9.71. The van der Waals surface area contributed by atoms with Crippen LogP contribution in [0.2, 0.25) is 0 Å². The number of alkyl carbamates (subject to hydrolysis) is 1. The Kier molecular flexibility index (Phi) is 7.40. The molecule has 2 fully saturated rings. The maximum atomic E-state index is 13.9. The summed E-state index contributed by atoms with van der Waals surface area (Å²) in [6, 6.07) is 8.23. The van der Waals surface area contributed by atoms with Gasteiger partial charge in [-0.05, 0) is 37.2 Å². The Balaban J connectivity index is 1.41. The molecule has 2 N–H and O–H groups in total. The summed E-state index contributed by atoms with van der Waals surface area (Å²) in [7, 11) is 0. The molecule has 1 amide bonds. The number of carbonyl (C=O) groups is 2. The summed E-state index contributed by atoms with van der Waals surface area (Å²) < 4.78 is 62.1. The Labute approximate surface area is 227 Å². The second kappa shape index (κ2) is 10.7. The van der Waals surface area contributed by atoms with Crippen LogP contribution in [-0.4, -0.2) is 48.6 Å². The highest BCUT2D eigenvalue weighted by Gasteiger charge is 2.50. The molecule has 0 bridgehead atoms. The highest BCUT2D eigenvalue weighted by Crippen LogP contribution is 2.45. The van der Waals surface area contributed by atoms with Crippen LogP contribution in [0.4, 0.5) is 22.4 Å². The summed E-state index contributed by atoms with van der Waals surface area (Å²) in [4.78, 5) is 33.8. The van der Waals surface area contributed by atoms with Gasteiger partial charge in [-0.1, -0.05) is 30.3 Å². The van der Waals surface area contributed by atoms with E-state index in [1.165, 1.54) is 16.9 Å². The van der Waals surface area contributed by atoms with E-state index >= 15 is 0 Å². The Hall–Kier alpha value is -3.77. The summed E-state index contributed by atoms with van der Waals surface area (Å²) in [5, 5.41) is 16.9. The first-order chi connectivity index (χ1) is 19.0. The number of halogens is 4. The maximum Gasteiger partial charge on any atom is 0.408 e. The quantitative estimate of drug-likeness (QED) is 0.367. The Morgan fingerprint density at radius 2 is 1.65 bits per heavy atom. The summed E-state index contributed by atoms with van der Waals surface area (Å²) >= 11 is 0. The van der Waals surface area contributed by atoms with E-state index in [0.717, 1.165) is 5.56 Å². The fraction of sp³-hybridized carbons (Fsp3) is 0.519. The molecule has 0 radical (unpaired) electrons. The number of hydrogen-bond acceptors (Lipinski definition) is 6. The number of alkyl halides is 4. The third kappa shape index (κ3) is 5.87. The molecular weight excluding hydrogens is 534 g/mol. The molecule has 0 spiro atoms. The summed E-state index contributed by atoms with van der Waals surface area (Å²) in [5.41, 5.74) is -0.544. The van der Waals surface area contributed by atoms with Crippen molar-refractivity contribution in [3.05, 3.63) is 59.7 Å². The van der Waals surface area contributed by atoms with Crippen LogP contribution < -0.4 is 5.32 Å². The average Bonchev–Trinajstić information content (AvgIpc) is 3.35. The van der Waals surface area contributed by atoms with Crippen molar-refractivity contribution >= 4 is 17.8 Å². The summed E-state index contributed by atoms with van der Waals surface area (Å²) in [6.07, 6.45) is -0.230. The minimum atomic E-state index is -2.94. The molecule has 3 aromatic rings. The van der Waals surface area contributed by atoms with E-state index in [9.17, 15) is 32.3 Å². The molecule has 0 aliphatic heterocycles. The van der Waals surface area contributed by atoms with Gasteiger partial charge in [0.15, 0.2) is 0 Å². The first-order valence-corrected chi connectivity index (χ1v) is 13.2. The van der Waals surface area contributed by atoms with Crippen LogP contribution in [0.1, 0.15) is 74.4 Å². The van der Waals surface area contributed by atoms with E-state index in [-0.39, 0.29) is 62.5 Å². The zero-order valence-electron chi connectivity index (χ0n) is 21.5. The van der Waals surface area contributed by atoms with Gasteiger partial charge >= 0.3 is 12.1 Å². The molecule has 2 heterocycles. The van der Waals surface area contributed by atoms with E-state index < -0.39 is 48.2 Å². The van der Waals surface area contributed by atoms with Crippen molar-refractivity contribution in [3.63, 3.8) is 0 Å². The lowest BCUT2D eigenvalue weighted by molar-refractivity contribution is -0.149. The highest BCUT2D eigenvalue weighted by molar-refractivity contribution is 5.81. The zero-order valence-corrected chi connectivity index (χ0v) is 21.5. The van der Waals surface area contributed by atoms with E-state index in [2.05, 4.69) is 20.4 Å². The molecule has 214 valence electrons. The predicted octanol–water partition coefficient (Wildman–Crippen LogP) is 5.45. The second-order valence-electron chi connectivity index (χ2n) is 10.7. The molecule has 1 atom stereocenters. The SMILES string of the molecule is O=C(N[C@H](c1cn2ncc(C3(C(=O)O)CCC(F)(F)CC3)nc2n1)C1CCC(F)(F)CC1)OCc1ccccc1. The molecule has 40 heavy (non-hydrogen) atoms. The minimum absolute atomic E-state index is 0.0100. The molecule has 2 aromatic heterocycles. The van der Waals surface area contributed by atoms with Crippen LogP contribution in [0.5, 0.6) is 0 Å². The Bertz CT molecular complexity index is 1360. The van der Waals surface area contributed by atoms with Gasteiger partial charge in [0.1, 0.15) is 12.0 Å². The number of carboxylic acids is 1. The fourth-order valence-electron chi connectivity index (χ4n) is 5.52. The number of fused-ring (bicyclic) bond motifs is 1. The van der Waals surface area contributed by atoms with Crippen molar-refractivity contribution in [1.82, 2.24) is 24.9 Å². The van der Waals surface area contributed by atoms with Gasteiger partial charge in [0, 0.05) is 25.7 Å². The molecule has 5 rings (SSSR count). The van der Waals surface area contributed by atoms with Crippen molar-refractivity contribution in [2.75, 3.05) is 0 Å². The zero-order chi connectivity index (χ0) is 28.5. The van der Waals surface area contributed by atoms with Crippen LogP contribution in [-0.2, 0) is 21.6 Å². The van der Waals surface area contributed by atoms with Crippen LogP contribution >= 0.6 is 0 Å². The number of rotatable bonds is 7. The Morgan fingerprint density at radius 3 is 2.30 bits per heavy atom. The van der Waals surface area contributed by atoms with Crippen molar-refractivity contribution < 1.29 is 37.0 Å². The molecule has 0 saturated heterocycles. The first-order valence-electron chi connectivity index (χ1n) is 13.2. The summed E-state index contributed by atoms with van der Waals surface area (Å²) in [6.45, 7) is 0.0100. The van der Waals surface area contributed by atoms with Gasteiger partial charge < -0.3 is 15.2 Å². The second-order valence-corrected chi connectivity index (χ2v) is 10.7. The van der Waals surface area contributed by atoms with Gasteiger partial charge in [-0.2, -0.15) is 5.10 Å². The van der Waals surface area contributed by atoms with Crippen LogP contribution in [0.15, 0.2) is 42.7 Å².